The van der Waals surface area contributed by atoms with Crippen LogP contribution in [-0.2, 0) is 10.3 Å². The first-order valence-corrected chi connectivity index (χ1v) is 11.6. The summed E-state index contributed by atoms with van der Waals surface area (Å²) in [5.74, 6) is -1.07. The Morgan fingerprint density at radius 3 is 2.63 bits per heavy atom. The molecule has 1 aromatic heterocycles. The average molecular weight is 507 g/mol. The zero-order valence-electron chi connectivity index (χ0n) is 18.2. The Kier molecular flexibility index (Phi) is 6.66. The fraction of sp³-hybridized carbons (Fsp3) is 0.391. The maximum Gasteiger partial charge on any atom is 0.490 e. The van der Waals surface area contributed by atoms with Crippen LogP contribution in [0.1, 0.15) is 30.4 Å². The number of aliphatic hydroxyl groups is 1. The first-order valence-electron chi connectivity index (χ1n) is 10.7. The second-order valence-electron chi connectivity index (χ2n) is 8.48. The van der Waals surface area contributed by atoms with Gasteiger partial charge in [0, 0.05) is 35.2 Å². The molecule has 1 saturated carbocycles. The highest BCUT2D eigenvalue weighted by Gasteiger charge is 2.54. The van der Waals surface area contributed by atoms with Gasteiger partial charge in [0.15, 0.2) is 5.17 Å². The topological polar surface area (TPSA) is 142 Å². The molecule has 5 rings (SSSR count). The summed E-state index contributed by atoms with van der Waals surface area (Å²) in [4.78, 5) is 18.0. The number of benzene rings is 1. The maximum atomic E-state index is 10.6. The number of halogens is 3. The summed E-state index contributed by atoms with van der Waals surface area (Å²) in [6.07, 6.45) is 0.182. The number of aromatic nitrogens is 1. The molecule has 8 nitrogen and oxygen atoms in total. The van der Waals surface area contributed by atoms with Crippen molar-refractivity contribution < 1.29 is 32.9 Å². The molecule has 0 unspecified atom stereocenters. The number of nitrogens with zero attached hydrogens (tertiary/aromatic N) is 3. The van der Waals surface area contributed by atoms with E-state index in [0.29, 0.717) is 17.2 Å². The summed E-state index contributed by atoms with van der Waals surface area (Å²) < 4.78 is 38.1. The number of thioether (sulfide) groups is 1. The summed E-state index contributed by atoms with van der Waals surface area (Å²) >= 11 is 1.57. The van der Waals surface area contributed by atoms with Crippen molar-refractivity contribution in [3.05, 3.63) is 47.8 Å². The van der Waals surface area contributed by atoms with E-state index in [4.69, 9.17) is 25.4 Å². The number of amidine groups is 1. The van der Waals surface area contributed by atoms with Gasteiger partial charge in [-0.05, 0) is 43.0 Å². The van der Waals surface area contributed by atoms with Gasteiger partial charge in [0.05, 0.1) is 11.7 Å². The lowest BCUT2D eigenvalue weighted by Gasteiger charge is -2.48. The Hall–Kier alpha value is -3.30. The lowest BCUT2D eigenvalue weighted by Crippen LogP contribution is -2.51. The molecule has 4 atom stereocenters. The molecule has 1 aliphatic carbocycles. The van der Waals surface area contributed by atoms with Crippen molar-refractivity contribution in [2.45, 2.75) is 43.2 Å². The first kappa shape index (κ1) is 24.8. The first-order chi connectivity index (χ1) is 16.5. The Bertz CT molecular complexity index is 1220. The summed E-state index contributed by atoms with van der Waals surface area (Å²) in [6.45, 7) is 0. The number of carboxylic acids is 1. The van der Waals surface area contributed by atoms with Crippen LogP contribution in [0.25, 0.3) is 11.1 Å². The van der Waals surface area contributed by atoms with E-state index in [1.165, 1.54) is 0 Å². The van der Waals surface area contributed by atoms with Crippen molar-refractivity contribution >= 4 is 22.9 Å². The van der Waals surface area contributed by atoms with E-state index >= 15 is 0 Å². The number of aliphatic hydroxyl groups excluding tert-OH is 1. The second-order valence-corrected chi connectivity index (χ2v) is 9.48. The minimum absolute atomic E-state index is 0.0422. The van der Waals surface area contributed by atoms with Crippen LogP contribution in [-0.4, -0.2) is 50.5 Å². The third kappa shape index (κ3) is 4.92. The summed E-state index contributed by atoms with van der Waals surface area (Å²) in [5.41, 5.74) is 9.00. The number of aliphatic carboxylic acids is 1. The number of carbonyl (C=O) groups is 1. The van der Waals surface area contributed by atoms with E-state index in [9.17, 15) is 23.5 Å². The van der Waals surface area contributed by atoms with Crippen LogP contribution in [0.4, 0.5) is 13.2 Å². The number of nitriles is 1. The Morgan fingerprint density at radius 2 is 2.00 bits per heavy atom. The van der Waals surface area contributed by atoms with Crippen molar-refractivity contribution in [1.82, 2.24) is 4.98 Å². The van der Waals surface area contributed by atoms with Crippen molar-refractivity contribution in [3.8, 4) is 22.9 Å². The van der Waals surface area contributed by atoms with Crippen LogP contribution >= 0.6 is 11.8 Å². The minimum atomic E-state index is -5.08. The van der Waals surface area contributed by atoms with E-state index in [1.54, 1.807) is 24.2 Å². The molecule has 3 heterocycles. The third-order valence-corrected chi connectivity index (χ3v) is 7.26. The van der Waals surface area contributed by atoms with Gasteiger partial charge in [0.25, 0.3) is 0 Å². The van der Waals surface area contributed by atoms with Gasteiger partial charge in [-0.1, -0.05) is 17.8 Å². The Labute approximate surface area is 202 Å². The molecule has 0 saturated heterocycles. The lowest BCUT2D eigenvalue weighted by molar-refractivity contribution is -0.192. The SMILES string of the molecule is N#Cc1cncc(-c2ccc3c(c2)[C@@]2(CSC(N)=N2)[C@H]2C[C@@H](O)CC[C@@H]2O3)c1.O=C(O)C(F)(F)F. The molecular weight excluding hydrogens is 485 g/mol. The highest BCUT2D eigenvalue weighted by molar-refractivity contribution is 8.14. The van der Waals surface area contributed by atoms with Crippen LogP contribution in [0.5, 0.6) is 5.75 Å². The molecular formula is C23H21F3N4O4S. The zero-order chi connectivity index (χ0) is 25.4. The van der Waals surface area contributed by atoms with Crippen molar-refractivity contribution in [1.29, 1.82) is 5.26 Å². The standard InChI is InChI=1S/C21H20N4O2S.C2HF3O2/c22-8-12-5-14(10-24-9-12)13-1-3-18-16(6-13)21(11-28-20(23)25-21)17-7-15(26)2-4-19(17)27-18;3-2(4,5)1(6)7/h1,3,5-6,9-10,15,17,19,26H,2,4,7,11H2,(H2,23,25);(H,6,7)/t15-,17-,19-,21-;/m0./s1. The number of hydrogen-bond acceptors (Lipinski definition) is 8. The quantitative estimate of drug-likeness (QED) is 0.534. The Morgan fingerprint density at radius 1 is 1.26 bits per heavy atom. The molecule has 1 fully saturated rings. The number of alkyl halides is 3. The second kappa shape index (κ2) is 9.39. The number of rotatable bonds is 1. The molecule has 0 bridgehead atoms. The van der Waals surface area contributed by atoms with Gasteiger partial charge in [-0.15, -0.1) is 0 Å². The number of nitrogens with two attached hydrogens (primary N) is 1. The van der Waals surface area contributed by atoms with Gasteiger partial charge in [0.1, 0.15) is 23.5 Å². The van der Waals surface area contributed by atoms with Crippen molar-refractivity contribution in [2.75, 3.05) is 5.75 Å². The van der Waals surface area contributed by atoms with Gasteiger partial charge >= 0.3 is 12.1 Å². The monoisotopic (exact) mass is 506 g/mol. The van der Waals surface area contributed by atoms with E-state index in [-0.39, 0.29) is 18.1 Å². The lowest BCUT2D eigenvalue weighted by atomic mass is 9.68. The predicted molar refractivity (Wildman–Crippen MR) is 122 cm³/mol. The van der Waals surface area contributed by atoms with Gasteiger partial charge in [-0.2, -0.15) is 18.4 Å². The molecule has 2 aliphatic heterocycles. The number of hydrogen-bond donors (Lipinski definition) is 3. The number of aliphatic imine (C=N–C) groups is 1. The average Bonchev–Trinajstić information content (AvgIpc) is 3.21. The molecule has 3 aliphatic rings. The molecule has 184 valence electrons. The fourth-order valence-corrected chi connectivity index (χ4v) is 5.74. The number of pyridine rings is 1. The van der Waals surface area contributed by atoms with E-state index < -0.39 is 17.7 Å². The molecule has 0 amide bonds. The molecule has 1 spiro atoms. The minimum Gasteiger partial charge on any atom is -0.490 e. The normalized spacial score (nSPS) is 26.8. The predicted octanol–water partition coefficient (Wildman–Crippen LogP) is 3.43. The van der Waals surface area contributed by atoms with Gasteiger partial charge in [0.2, 0.25) is 0 Å². The molecule has 12 heteroatoms. The number of fused-ring (bicyclic) bond motifs is 4. The van der Waals surface area contributed by atoms with E-state index in [1.807, 2.05) is 18.2 Å². The van der Waals surface area contributed by atoms with Gasteiger partial charge < -0.3 is 20.7 Å². The summed E-state index contributed by atoms with van der Waals surface area (Å²) in [7, 11) is 0. The fourth-order valence-electron chi connectivity index (χ4n) is 4.71. The molecule has 2 aromatic rings. The molecule has 35 heavy (non-hydrogen) atoms. The number of carboxylic acid groups (broad SMARTS) is 1. The molecule has 1 aromatic carbocycles. The Balaban J connectivity index is 0.000000364. The maximum absolute atomic E-state index is 10.6. The summed E-state index contributed by atoms with van der Waals surface area (Å²) in [5, 5.41) is 27.2. The van der Waals surface area contributed by atoms with Gasteiger partial charge in [-0.3, -0.25) is 4.98 Å². The van der Waals surface area contributed by atoms with Crippen LogP contribution in [0, 0.1) is 17.2 Å². The molecule has 4 N–H and O–H groups in total. The zero-order valence-corrected chi connectivity index (χ0v) is 19.0. The van der Waals surface area contributed by atoms with Crippen molar-refractivity contribution in [2.24, 2.45) is 16.6 Å². The van der Waals surface area contributed by atoms with Gasteiger partial charge in [-0.25, -0.2) is 9.79 Å². The largest absolute Gasteiger partial charge is 0.490 e. The van der Waals surface area contributed by atoms with Crippen LogP contribution < -0.4 is 10.5 Å². The highest BCUT2D eigenvalue weighted by atomic mass is 32.2. The van der Waals surface area contributed by atoms with Crippen LogP contribution in [0.2, 0.25) is 0 Å². The molecule has 0 radical (unpaired) electrons. The van der Waals surface area contributed by atoms with Crippen molar-refractivity contribution in [3.63, 3.8) is 0 Å². The smallest absolute Gasteiger partial charge is 0.490 e. The van der Waals surface area contributed by atoms with Crippen LogP contribution in [0.3, 0.4) is 0 Å². The van der Waals surface area contributed by atoms with Crippen LogP contribution in [0.15, 0.2) is 41.7 Å². The third-order valence-electron chi connectivity index (χ3n) is 6.29. The summed E-state index contributed by atoms with van der Waals surface area (Å²) in [6, 6.07) is 10.0. The van der Waals surface area contributed by atoms with E-state index in [2.05, 4.69) is 17.1 Å². The van der Waals surface area contributed by atoms with E-state index in [0.717, 1.165) is 41.0 Å². The number of ether oxygens (including phenoxy) is 1. The highest BCUT2D eigenvalue weighted by Crippen LogP contribution is 2.54.